The van der Waals surface area contributed by atoms with E-state index in [1.54, 1.807) is 0 Å². The number of carbonyl (C=O) groups is 4. The molecule has 0 spiro atoms. The summed E-state index contributed by atoms with van der Waals surface area (Å²) in [6.07, 6.45) is 3.27. The van der Waals surface area contributed by atoms with Gasteiger partial charge in [0.15, 0.2) is 0 Å². The van der Waals surface area contributed by atoms with Gasteiger partial charge in [-0.3, -0.25) is 0 Å². The first-order valence-electron chi connectivity index (χ1n) is 20.7. The summed E-state index contributed by atoms with van der Waals surface area (Å²) in [7, 11) is 0. The highest BCUT2D eigenvalue weighted by Crippen LogP contribution is 2.46. The van der Waals surface area contributed by atoms with Crippen LogP contribution in [0.2, 0.25) is 0 Å². The Labute approximate surface area is 345 Å². The molecule has 0 heterocycles. The van der Waals surface area contributed by atoms with Gasteiger partial charge in [0, 0.05) is 5.41 Å². The fourth-order valence-corrected chi connectivity index (χ4v) is 8.25. The van der Waals surface area contributed by atoms with E-state index in [-0.39, 0.29) is 23.9 Å². The highest BCUT2D eigenvalue weighted by molar-refractivity contribution is 5.95. The summed E-state index contributed by atoms with van der Waals surface area (Å²) >= 11 is 0. The fourth-order valence-electron chi connectivity index (χ4n) is 8.25. The average Bonchev–Trinajstić information content (AvgIpc) is 3.15. The third kappa shape index (κ3) is 9.71. The zero-order chi connectivity index (χ0) is 42.9. The van der Waals surface area contributed by atoms with Crippen molar-refractivity contribution in [3.05, 3.63) is 138 Å². The average molecular weight is 791 g/mol. The van der Waals surface area contributed by atoms with Gasteiger partial charge in [0.2, 0.25) is 0 Å². The zero-order valence-electron chi connectivity index (χ0n) is 36.7. The number of hydrogen-bond donors (Lipinski definition) is 0. The van der Waals surface area contributed by atoms with Crippen LogP contribution in [0.1, 0.15) is 162 Å². The van der Waals surface area contributed by atoms with Crippen molar-refractivity contribution in [1.82, 2.24) is 0 Å². The molecule has 0 aromatic heterocycles. The molecule has 0 radical (unpaired) electrons. The number of esters is 4. The van der Waals surface area contributed by atoms with Crippen LogP contribution >= 0.6 is 0 Å². The van der Waals surface area contributed by atoms with E-state index >= 15 is 0 Å². The topological polar surface area (TPSA) is 105 Å². The largest absolute Gasteiger partial charge is 0.462 e. The first-order chi connectivity index (χ1) is 27.5. The molecule has 0 fully saturated rings. The molecule has 4 aromatic carbocycles. The molecule has 0 aliphatic rings. The number of hydrogen-bond acceptors (Lipinski definition) is 8. The van der Waals surface area contributed by atoms with Gasteiger partial charge in [0.25, 0.3) is 0 Å². The second-order valence-electron chi connectivity index (χ2n) is 15.7. The van der Waals surface area contributed by atoms with Gasteiger partial charge in [-0.05, 0) is 154 Å². The summed E-state index contributed by atoms with van der Waals surface area (Å²) in [5, 5.41) is 0. The molecule has 310 valence electrons. The molecule has 0 unspecified atom stereocenters. The zero-order valence-corrected chi connectivity index (χ0v) is 36.7. The van der Waals surface area contributed by atoms with Crippen molar-refractivity contribution in [3.63, 3.8) is 0 Å². The lowest BCUT2D eigenvalue weighted by atomic mass is 9.64. The van der Waals surface area contributed by atoms with Crippen molar-refractivity contribution in [2.24, 2.45) is 0 Å². The standard InChI is InChI=1S/C50H62O8/c1-13-17-55-46(51)42-30(5)21-38(22-31(42)6)29-50(39-23-32(7)43(33(8)24-39)47(52)56-18-14-2,40-25-34(9)44(35(10)26-40)48(53)57-19-15-3)41-27-36(11)45(37(12)28-41)49(54)58-20-16-4/h21-28H,13-20,29H2,1-12H3. The lowest BCUT2D eigenvalue weighted by Crippen LogP contribution is -2.34. The van der Waals surface area contributed by atoms with Crippen LogP contribution in [-0.2, 0) is 30.8 Å². The Morgan fingerprint density at radius 3 is 0.793 bits per heavy atom. The molecular formula is C50H62O8. The number of ether oxygens (including phenoxy) is 4. The summed E-state index contributed by atoms with van der Waals surface area (Å²) < 4.78 is 22.5. The maximum Gasteiger partial charge on any atom is 0.338 e. The van der Waals surface area contributed by atoms with Crippen LogP contribution in [0, 0.1) is 55.4 Å². The normalized spacial score (nSPS) is 11.3. The predicted octanol–water partition coefficient (Wildman–Crippen LogP) is 11.0. The third-order valence-corrected chi connectivity index (χ3v) is 10.7. The number of aryl methyl sites for hydroxylation is 8. The smallest absolute Gasteiger partial charge is 0.338 e. The summed E-state index contributed by atoms with van der Waals surface area (Å²) in [5.74, 6) is -1.45. The Kier molecular flexibility index (Phi) is 15.6. The van der Waals surface area contributed by atoms with E-state index in [9.17, 15) is 19.2 Å². The second-order valence-corrected chi connectivity index (χ2v) is 15.7. The van der Waals surface area contributed by atoms with Crippen LogP contribution in [-0.4, -0.2) is 50.3 Å². The van der Waals surface area contributed by atoms with Crippen molar-refractivity contribution < 1.29 is 38.1 Å². The molecule has 0 aliphatic heterocycles. The first-order valence-corrected chi connectivity index (χ1v) is 20.7. The van der Waals surface area contributed by atoms with Crippen LogP contribution < -0.4 is 0 Å². The quantitative estimate of drug-likeness (QED) is 0.0591. The van der Waals surface area contributed by atoms with Crippen molar-refractivity contribution >= 4 is 23.9 Å². The maximum absolute atomic E-state index is 13.4. The van der Waals surface area contributed by atoms with Crippen molar-refractivity contribution in [2.45, 2.75) is 121 Å². The van der Waals surface area contributed by atoms with Crippen molar-refractivity contribution in [2.75, 3.05) is 26.4 Å². The molecule has 4 aromatic rings. The molecule has 58 heavy (non-hydrogen) atoms. The maximum atomic E-state index is 13.4. The van der Waals surface area contributed by atoms with Crippen molar-refractivity contribution in [1.29, 1.82) is 0 Å². The molecule has 0 aliphatic carbocycles. The van der Waals surface area contributed by atoms with Gasteiger partial charge in [-0.25, -0.2) is 19.2 Å². The van der Waals surface area contributed by atoms with Gasteiger partial charge in [-0.15, -0.1) is 0 Å². The van der Waals surface area contributed by atoms with E-state index in [4.69, 9.17) is 18.9 Å². The lowest BCUT2D eigenvalue weighted by Gasteiger charge is -2.39. The summed E-state index contributed by atoms with van der Waals surface area (Å²) in [6, 6.07) is 16.5. The number of benzene rings is 4. The molecule has 0 bridgehead atoms. The SMILES string of the molecule is CCCOC(=O)c1c(C)cc(CC(c2cc(C)c(C(=O)OCCC)c(C)c2)(c2cc(C)c(C(=O)OCCC)c(C)c2)c2cc(C)c(C(=O)OCCC)c(C)c2)cc1C. The number of rotatable bonds is 17. The van der Waals surface area contributed by atoms with E-state index in [1.165, 1.54) is 0 Å². The first kappa shape index (κ1) is 45.5. The molecule has 0 atom stereocenters. The summed E-state index contributed by atoms with van der Waals surface area (Å²) in [6.45, 7) is 24.6. The summed E-state index contributed by atoms with van der Waals surface area (Å²) in [4.78, 5) is 53.6. The Morgan fingerprint density at radius 2 is 0.586 bits per heavy atom. The molecule has 0 amide bonds. The predicted molar refractivity (Wildman–Crippen MR) is 230 cm³/mol. The Bertz CT molecular complexity index is 1900. The minimum atomic E-state index is -0.951. The van der Waals surface area contributed by atoms with Gasteiger partial charge < -0.3 is 18.9 Å². The monoisotopic (exact) mass is 790 g/mol. The highest BCUT2D eigenvalue weighted by Gasteiger charge is 2.40. The minimum absolute atomic E-state index is 0.321. The van der Waals surface area contributed by atoms with Gasteiger partial charge in [-0.2, -0.15) is 0 Å². The Hall–Kier alpha value is -5.24. The van der Waals surface area contributed by atoms with E-state index in [2.05, 4.69) is 36.4 Å². The van der Waals surface area contributed by atoms with Crippen LogP contribution in [0.25, 0.3) is 0 Å². The highest BCUT2D eigenvalue weighted by atomic mass is 16.5. The van der Waals surface area contributed by atoms with E-state index in [0.29, 0.717) is 74.4 Å². The number of carbonyl (C=O) groups excluding carboxylic acids is 4. The molecule has 4 rings (SSSR count). The van der Waals surface area contributed by atoms with Crippen LogP contribution in [0.15, 0.2) is 48.5 Å². The van der Waals surface area contributed by atoms with Gasteiger partial charge in [0.1, 0.15) is 0 Å². The van der Waals surface area contributed by atoms with E-state index in [1.807, 2.05) is 95.2 Å². The molecular weight excluding hydrogens is 729 g/mol. The van der Waals surface area contributed by atoms with E-state index < -0.39 is 5.41 Å². The lowest BCUT2D eigenvalue weighted by molar-refractivity contribution is 0.0494. The molecule has 0 saturated carbocycles. The van der Waals surface area contributed by atoms with Crippen molar-refractivity contribution in [3.8, 4) is 0 Å². The summed E-state index contributed by atoms with van der Waals surface area (Å²) in [5.41, 5.74) is 11.1. The Morgan fingerprint density at radius 1 is 0.379 bits per heavy atom. The molecule has 8 nitrogen and oxygen atoms in total. The van der Waals surface area contributed by atoms with Gasteiger partial charge in [-0.1, -0.05) is 76.2 Å². The van der Waals surface area contributed by atoms with E-state index in [0.717, 1.165) is 73.2 Å². The third-order valence-electron chi connectivity index (χ3n) is 10.7. The fraction of sp³-hybridized carbons (Fsp3) is 0.440. The molecule has 0 saturated heterocycles. The van der Waals surface area contributed by atoms with Gasteiger partial charge >= 0.3 is 23.9 Å². The molecule has 0 N–H and O–H groups in total. The molecule has 8 heteroatoms. The Balaban J connectivity index is 2.17. The minimum Gasteiger partial charge on any atom is -0.462 e. The second kappa shape index (κ2) is 20.0. The van der Waals surface area contributed by atoms with Crippen LogP contribution in [0.5, 0.6) is 0 Å². The van der Waals surface area contributed by atoms with Gasteiger partial charge in [0.05, 0.1) is 48.7 Å². The van der Waals surface area contributed by atoms with Crippen LogP contribution in [0.3, 0.4) is 0 Å². The van der Waals surface area contributed by atoms with Crippen LogP contribution in [0.4, 0.5) is 0 Å².